The van der Waals surface area contributed by atoms with Crippen molar-refractivity contribution in [2.75, 3.05) is 5.75 Å². The molecule has 0 amide bonds. The van der Waals surface area contributed by atoms with E-state index in [4.69, 9.17) is 22.7 Å². The first-order valence-electron chi connectivity index (χ1n) is 6.52. The second kappa shape index (κ2) is 6.91. The zero-order valence-electron chi connectivity index (χ0n) is 11.9. The van der Waals surface area contributed by atoms with Gasteiger partial charge in [-0.25, -0.2) is 4.39 Å². The number of benzene rings is 2. The van der Waals surface area contributed by atoms with E-state index >= 15 is 0 Å². The van der Waals surface area contributed by atoms with E-state index in [0.717, 1.165) is 16.2 Å². The normalized spacial score (nSPS) is 10.4. The van der Waals surface area contributed by atoms with Crippen molar-refractivity contribution in [3.63, 3.8) is 0 Å². The zero-order valence-corrected chi connectivity index (χ0v) is 13.5. The predicted molar refractivity (Wildman–Crippen MR) is 89.9 cm³/mol. The SMILES string of the molecule is CCSc1cccc(Oc2cc(C)ccc2F)c1C(N)=S. The first-order valence-corrected chi connectivity index (χ1v) is 7.92. The molecule has 0 aliphatic carbocycles. The van der Waals surface area contributed by atoms with E-state index in [2.05, 4.69) is 0 Å². The van der Waals surface area contributed by atoms with Crippen molar-refractivity contribution < 1.29 is 9.13 Å². The van der Waals surface area contributed by atoms with Gasteiger partial charge in [-0.2, -0.15) is 0 Å². The molecule has 2 nitrogen and oxygen atoms in total. The third-order valence-electron chi connectivity index (χ3n) is 2.84. The fraction of sp³-hybridized carbons (Fsp3) is 0.188. The van der Waals surface area contributed by atoms with Crippen LogP contribution in [0.15, 0.2) is 41.3 Å². The summed E-state index contributed by atoms with van der Waals surface area (Å²) in [6, 6.07) is 10.3. The van der Waals surface area contributed by atoms with Gasteiger partial charge in [0.2, 0.25) is 0 Å². The van der Waals surface area contributed by atoms with E-state index < -0.39 is 5.82 Å². The van der Waals surface area contributed by atoms with Crippen LogP contribution in [0.2, 0.25) is 0 Å². The summed E-state index contributed by atoms with van der Waals surface area (Å²) < 4.78 is 19.6. The maximum absolute atomic E-state index is 13.8. The van der Waals surface area contributed by atoms with Crippen LogP contribution in [-0.4, -0.2) is 10.7 Å². The number of rotatable bonds is 5. The molecule has 2 aromatic rings. The number of thiocarbonyl (C=S) groups is 1. The second-order valence-corrected chi connectivity index (χ2v) is 6.21. The van der Waals surface area contributed by atoms with Gasteiger partial charge in [0.1, 0.15) is 10.7 Å². The molecule has 0 radical (unpaired) electrons. The molecule has 0 aliphatic rings. The summed E-state index contributed by atoms with van der Waals surface area (Å²) in [4.78, 5) is 1.19. The van der Waals surface area contributed by atoms with E-state index in [1.165, 1.54) is 6.07 Å². The Morgan fingerprint density at radius 1 is 1.29 bits per heavy atom. The maximum atomic E-state index is 13.8. The molecule has 0 saturated carbocycles. The van der Waals surface area contributed by atoms with E-state index in [-0.39, 0.29) is 10.7 Å². The Labute approximate surface area is 133 Å². The summed E-state index contributed by atoms with van der Waals surface area (Å²) >= 11 is 6.74. The average Bonchev–Trinajstić information content (AvgIpc) is 2.43. The van der Waals surface area contributed by atoms with Crippen LogP contribution < -0.4 is 10.5 Å². The summed E-state index contributed by atoms with van der Waals surface area (Å²) in [7, 11) is 0. The molecule has 0 fully saturated rings. The number of hydrogen-bond donors (Lipinski definition) is 1. The van der Waals surface area contributed by atoms with Gasteiger partial charge in [-0.3, -0.25) is 0 Å². The zero-order chi connectivity index (χ0) is 15.4. The van der Waals surface area contributed by atoms with Gasteiger partial charge in [-0.05, 0) is 42.5 Å². The van der Waals surface area contributed by atoms with Crippen LogP contribution in [-0.2, 0) is 0 Å². The molecule has 2 rings (SSSR count). The van der Waals surface area contributed by atoms with Gasteiger partial charge in [0, 0.05) is 4.90 Å². The van der Waals surface area contributed by atoms with Crippen LogP contribution >= 0.6 is 24.0 Å². The summed E-state index contributed by atoms with van der Waals surface area (Å²) in [6.45, 7) is 3.92. The minimum absolute atomic E-state index is 0.172. The Morgan fingerprint density at radius 3 is 2.71 bits per heavy atom. The number of nitrogens with two attached hydrogens (primary N) is 1. The lowest BCUT2D eigenvalue weighted by molar-refractivity contribution is 0.440. The molecule has 0 atom stereocenters. The van der Waals surface area contributed by atoms with Gasteiger partial charge in [-0.1, -0.05) is 31.3 Å². The standard InChI is InChI=1S/C16H16FNOS2/c1-3-21-14-6-4-5-12(15(14)16(18)20)19-13-9-10(2)7-8-11(13)17/h4-9H,3H2,1-2H3,(H2,18,20). The van der Waals surface area contributed by atoms with Crippen LogP contribution in [0.1, 0.15) is 18.1 Å². The Kier molecular flexibility index (Phi) is 5.20. The van der Waals surface area contributed by atoms with Gasteiger partial charge in [0.05, 0.1) is 5.56 Å². The predicted octanol–water partition coefficient (Wildman–Crippen LogP) is 4.67. The van der Waals surface area contributed by atoms with Crippen molar-refractivity contribution in [2.45, 2.75) is 18.7 Å². The van der Waals surface area contributed by atoms with Crippen molar-refractivity contribution >= 4 is 29.0 Å². The molecular formula is C16H16FNOS2. The van der Waals surface area contributed by atoms with E-state index in [1.54, 1.807) is 30.0 Å². The summed E-state index contributed by atoms with van der Waals surface area (Å²) in [5.41, 5.74) is 7.38. The summed E-state index contributed by atoms with van der Waals surface area (Å²) in [6.07, 6.45) is 0. The van der Waals surface area contributed by atoms with E-state index in [1.807, 2.05) is 26.0 Å². The first-order chi connectivity index (χ1) is 10.0. The van der Waals surface area contributed by atoms with Gasteiger partial charge in [0.25, 0.3) is 0 Å². The molecule has 0 unspecified atom stereocenters. The molecule has 0 spiro atoms. The Morgan fingerprint density at radius 2 is 2.05 bits per heavy atom. The van der Waals surface area contributed by atoms with Gasteiger partial charge >= 0.3 is 0 Å². The Balaban J connectivity index is 2.46. The Bertz CT molecular complexity index is 673. The second-order valence-electron chi connectivity index (χ2n) is 4.46. The fourth-order valence-corrected chi connectivity index (χ4v) is 3.04. The van der Waals surface area contributed by atoms with Crippen molar-refractivity contribution in [1.82, 2.24) is 0 Å². The molecule has 2 aromatic carbocycles. The lowest BCUT2D eigenvalue weighted by Gasteiger charge is -2.14. The molecule has 0 bridgehead atoms. The molecule has 5 heteroatoms. The number of aryl methyl sites for hydroxylation is 1. The monoisotopic (exact) mass is 321 g/mol. The lowest BCUT2D eigenvalue weighted by Crippen LogP contribution is -2.12. The smallest absolute Gasteiger partial charge is 0.165 e. The van der Waals surface area contributed by atoms with Gasteiger partial charge in [0.15, 0.2) is 11.6 Å². The first kappa shape index (κ1) is 15.8. The molecule has 0 aromatic heterocycles. The molecule has 21 heavy (non-hydrogen) atoms. The van der Waals surface area contributed by atoms with Gasteiger partial charge < -0.3 is 10.5 Å². The number of halogens is 1. The average molecular weight is 321 g/mol. The maximum Gasteiger partial charge on any atom is 0.165 e. The minimum Gasteiger partial charge on any atom is -0.453 e. The van der Waals surface area contributed by atoms with Crippen LogP contribution in [0.3, 0.4) is 0 Å². The number of thioether (sulfide) groups is 1. The summed E-state index contributed by atoms with van der Waals surface area (Å²) in [5, 5.41) is 0. The third-order valence-corrected chi connectivity index (χ3v) is 3.98. The van der Waals surface area contributed by atoms with Crippen molar-refractivity contribution in [2.24, 2.45) is 5.73 Å². The van der Waals surface area contributed by atoms with Crippen molar-refractivity contribution in [3.8, 4) is 11.5 Å². The minimum atomic E-state index is -0.414. The molecule has 0 saturated heterocycles. The van der Waals surface area contributed by atoms with Crippen LogP contribution in [0.4, 0.5) is 4.39 Å². The summed E-state index contributed by atoms with van der Waals surface area (Å²) in [5.74, 6) is 1.12. The van der Waals surface area contributed by atoms with E-state index in [9.17, 15) is 4.39 Å². The quantitative estimate of drug-likeness (QED) is 0.641. The van der Waals surface area contributed by atoms with Crippen LogP contribution in [0, 0.1) is 12.7 Å². The largest absolute Gasteiger partial charge is 0.453 e. The third kappa shape index (κ3) is 3.74. The lowest BCUT2D eigenvalue weighted by atomic mass is 10.2. The molecule has 2 N–H and O–H groups in total. The molecular weight excluding hydrogens is 305 g/mol. The van der Waals surface area contributed by atoms with Gasteiger partial charge in [-0.15, -0.1) is 11.8 Å². The topological polar surface area (TPSA) is 35.2 Å². The number of ether oxygens (including phenoxy) is 1. The number of hydrogen-bond acceptors (Lipinski definition) is 3. The highest BCUT2D eigenvalue weighted by molar-refractivity contribution is 7.99. The van der Waals surface area contributed by atoms with Crippen LogP contribution in [0.25, 0.3) is 0 Å². The van der Waals surface area contributed by atoms with Crippen molar-refractivity contribution in [3.05, 3.63) is 53.3 Å². The van der Waals surface area contributed by atoms with E-state index in [0.29, 0.717) is 11.3 Å². The highest BCUT2D eigenvalue weighted by Crippen LogP contribution is 2.34. The Hall–Kier alpha value is -1.59. The van der Waals surface area contributed by atoms with Crippen molar-refractivity contribution in [1.29, 1.82) is 0 Å². The van der Waals surface area contributed by atoms with Crippen LogP contribution in [0.5, 0.6) is 11.5 Å². The molecule has 110 valence electrons. The molecule has 0 heterocycles. The highest BCUT2D eigenvalue weighted by atomic mass is 32.2. The highest BCUT2D eigenvalue weighted by Gasteiger charge is 2.14. The fourth-order valence-electron chi connectivity index (χ4n) is 1.92. The molecule has 0 aliphatic heterocycles.